The van der Waals surface area contributed by atoms with E-state index in [1.807, 2.05) is 12.1 Å². The van der Waals surface area contributed by atoms with E-state index in [1.54, 1.807) is 11.1 Å². The van der Waals surface area contributed by atoms with E-state index in [0.717, 1.165) is 61.3 Å². The van der Waals surface area contributed by atoms with E-state index < -0.39 is 0 Å². The monoisotopic (exact) mass is 402 g/mol. The average molecular weight is 403 g/mol. The summed E-state index contributed by atoms with van der Waals surface area (Å²) in [5.74, 6) is 0. The van der Waals surface area contributed by atoms with Crippen LogP contribution in [0.15, 0.2) is 54.2 Å². The van der Waals surface area contributed by atoms with Crippen LogP contribution < -0.4 is 0 Å². The number of aliphatic hydroxyl groups is 1. The van der Waals surface area contributed by atoms with Crippen LogP contribution in [0.5, 0.6) is 0 Å². The topological polar surface area (TPSA) is 39.3 Å². The molecule has 0 spiro atoms. The molecule has 2 N–H and O–H groups in total. The maximum Gasteiger partial charge on any atom is 0.0682 e. The predicted octanol–water partition coefficient (Wildman–Crippen LogP) is 4.68. The summed E-state index contributed by atoms with van der Waals surface area (Å²) in [6.07, 6.45) is 6.11. The van der Waals surface area contributed by atoms with Gasteiger partial charge in [-0.3, -0.25) is 4.90 Å². The minimum atomic E-state index is 0.0711. The van der Waals surface area contributed by atoms with Crippen LogP contribution in [-0.4, -0.2) is 39.5 Å². The largest absolute Gasteiger partial charge is 0.392 e. The van der Waals surface area contributed by atoms with Crippen molar-refractivity contribution in [2.75, 3.05) is 19.6 Å². The number of hydrogen-bond donors (Lipinski definition) is 2. The Kier molecular flexibility index (Phi) is 5.08. The molecule has 3 aromatic rings. The zero-order valence-electron chi connectivity index (χ0n) is 16.6. The van der Waals surface area contributed by atoms with Crippen molar-refractivity contribution in [3.63, 3.8) is 0 Å². The van der Waals surface area contributed by atoms with Crippen molar-refractivity contribution in [1.82, 2.24) is 9.88 Å². The molecule has 1 aliphatic carbocycles. The molecule has 0 saturated carbocycles. The van der Waals surface area contributed by atoms with Gasteiger partial charge in [0.2, 0.25) is 0 Å². The number of benzene rings is 2. The lowest BCUT2D eigenvalue weighted by atomic mass is 9.99. The Labute approximate surface area is 177 Å². The highest BCUT2D eigenvalue weighted by Gasteiger charge is 2.26. The van der Waals surface area contributed by atoms with Gasteiger partial charge < -0.3 is 10.1 Å². The third-order valence-electron chi connectivity index (χ3n) is 6.37. The first-order valence-corrected chi connectivity index (χ1v) is 10.8. The Morgan fingerprint density at radius 3 is 2.97 bits per heavy atom. The molecule has 2 heterocycles. The van der Waals surface area contributed by atoms with Crippen LogP contribution in [0.4, 0.5) is 0 Å². The number of aliphatic hydroxyl groups excluding tert-OH is 1. The van der Waals surface area contributed by atoms with Crippen LogP contribution in [0.3, 0.4) is 0 Å². The van der Waals surface area contributed by atoms with Gasteiger partial charge in [-0.1, -0.05) is 42.5 Å². The van der Waals surface area contributed by atoms with Crippen molar-refractivity contribution in [3.05, 3.63) is 76.5 Å². The first kappa shape index (κ1) is 18.7. The number of rotatable bonds is 6. The van der Waals surface area contributed by atoms with Crippen molar-refractivity contribution < 1.29 is 5.11 Å². The van der Waals surface area contributed by atoms with Gasteiger partial charge in [-0.05, 0) is 69.7 Å². The smallest absolute Gasteiger partial charge is 0.0682 e. The highest BCUT2D eigenvalue weighted by Crippen LogP contribution is 2.37. The summed E-state index contributed by atoms with van der Waals surface area (Å²) in [5.41, 5.74) is 9.47. The summed E-state index contributed by atoms with van der Waals surface area (Å²) in [6, 6.07) is 14.9. The first-order valence-electron chi connectivity index (χ1n) is 10.4. The number of hydrogen-bond acceptors (Lipinski definition) is 3. The number of nitrogens with one attached hydrogen (secondary N) is 1. The van der Waals surface area contributed by atoms with Crippen LogP contribution in [0.2, 0.25) is 0 Å². The summed E-state index contributed by atoms with van der Waals surface area (Å²) in [6.45, 7) is 3.32. The minimum absolute atomic E-state index is 0.0711. The third kappa shape index (κ3) is 3.68. The molecule has 148 valence electrons. The molecule has 0 unspecified atom stereocenters. The molecule has 2 aliphatic rings. The number of fused-ring (bicyclic) bond motifs is 3. The normalized spacial score (nSPS) is 16.3. The van der Waals surface area contributed by atoms with Crippen LogP contribution in [-0.2, 0) is 19.4 Å². The highest BCUT2D eigenvalue weighted by atomic mass is 32.1. The lowest BCUT2D eigenvalue weighted by Crippen LogP contribution is -2.32. The average Bonchev–Trinajstić information content (AvgIpc) is 3.32. The fourth-order valence-corrected chi connectivity index (χ4v) is 5.07. The summed E-state index contributed by atoms with van der Waals surface area (Å²) in [4.78, 5) is 7.00. The maximum atomic E-state index is 9.41. The van der Waals surface area contributed by atoms with E-state index in [9.17, 15) is 5.11 Å². The van der Waals surface area contributed by atoms with E-state index >= 15 is 0 Å². The van der Waals surface area contributed by atoms with E-state index in [-0.39, 0.29) is 6.61 Å². The zero-order valence-corrected chi connectivity index (χ0v) is 17.4. The van der Waals surface area contributed by atoms with Crippen molar-refractivity contribution in [2.45, 2.75) is 32.3 Å². The molecule has 0 atom stereocenters. The number of aromatic amines is 1. The van der Waals surface area contributed by atoms with Crippen molar-refractivity contribution in [3.8, 4) is 0 Å². The summed E-state index contributed by atoms with van der Waals surface area (Å²) < 4.78 is 0. The molecule has 0 bridgehead atoms. The van der Waals surface area contributed by atoms with Gasteiger partial charge in [0.15, 0.2) is 0 Å². The van der Waals surface area contributed by atoms with Gasteiger partial charge in [0.05, 0.1) is 6.61 Å². The van der Waals surface area contributed by atoms with Gasteiger partial charge in [-0.2, -0.15) is 0 Å². The predicted molar refractivity (Wildman–Crippen MR) is 123 cm³/mol. The fourth-order valence-electron chi connectivity index (χ4n) is 4.82. The first-order chi connectivity index (χ1) is 14.2. The van der Waals surface area contributed by atoms with Gasteiger partial charge in [0, 0.05) is 43.2 Å². The van der Waals surface area contributed by atoms with Gasteiger partial charge in [-0.25, -0.2) is 0 Å². The molecule has 29 heavy (non-hydrogen) atoms. The van der Waals surface area contributed by atoms with Gasteiger partial charge in [0.25, 0.3) is 0 Å². The van der Waals surface area contributed by atoms with Crippen LogP contribution in [0.1, 0.15) is 35.1 Å². The Hall–Kier alpha value is -2.27. The highest BCUT2D eigenvalue weighted by molar-refractivity contribution is 7.80. The standard InChI is InChI=1S/C25H26N2OS/c28-16-17-5-6-25-24(11-17)19(14-26-25)13-21(29)7-9-27-10-8-23-20(15-27)12-18-3-1-2-4-22(18)23/h1-6,11,14,26,28H,7-10,12-13,15-16H2. The Bertz CT molecular complexity index is 1110. The summed E-state index contributed by atoms with van der Waals surface area (Å²) in [5, 5.41) is 10.6. The second kappa shape index (κ2) is 7.86. The van der Waals surface area contributed by atoms with E-state index in [2.05, 4.69) is 46.4 Å². The molecule has 1 aromatic heterocycles. The SMILES string of the molecule is OCc1ccc2[nH]cc(CC(=S)CCN3CCC4=C(Cc5ccccc54)C3)c2c1. The van der Waals surface area contributed by atoms with Crippen LogP contribution in [0, 0.1) is 0 Å². The van der Waals surface area contributed by atoms with Crippen molar-refractivity contribution >= 4 is 33.6 Å². The van der Waals surface area contributed by atoms with Gasteiger partial charge in [-0.15, -0.1) is 0 Å². The molecule has 2 aromatic carbocycles. The van der Waals surface area contributed by atoms with Gasteiger partial charge >= 0.3 is 0 Å². The quantitative estimate of drug-likeness (QED) is 0.588. The summed E-state index contributed by atoms with van der Waals surface area (Å²) in [7, 11) is 0. The van der Waals surface area contributed by atoms with E-state index in [4.69, 9.17) is 12.2 Å². The van der Waals surface area contributed by atoms with Crippen LogP contribution in [0.25, 0.3) is 16.5 Å². The number of H-pyrrole nitrogens is 1. The lowest BCUT2D eigenvalue weighted by Gasteiger charge is -2.28. The van der Waals surface area contributed by atoms with Crippen LogP contribution >= 0.6 is 12.2 Å². The molecule has 3 nitrogen and oxygen atoms in total. The number of thiocarbonyl (C=S) groups is 1. The Balaban J connectivity index is 1.19. The molecule has 0 saturated heterocycles. The lowest BCUT2D eigenvalue weighted by molar-refractivity contribution is 0.282. The van der Waals surface area contributed by atoms with Crippen molar-refractivity contribution in [2.24, 2.45) is 0 Å². The Morgan fingerprint density at radius 1 is 1.17 bits per heavy atom. The number of aromatic nitrogens is 1. The zero-order chi connectivity index (χ0) is 19.8. The molecular weight excluding hydrogens is 376 g/mol. The summed E-state index contributed by atoms with van der Waals surface area (Å²) >= 11 is 5.74. The second-order valence-corrected chi connectivity index (χ2v) is 8.84. The van der Waals surface area contributed by atoms with Gasteiger partial charge in [0.1, 0.15) is 0 Å². The molecule has 5 rings (SSSR count). The van der Waals surface area contributed by atoms with E-state index in [0.29, 0.717) is 0 Å². The fraction of sp³-hybridized carbons (Fsp3) is 0.320. The molecule has 1 aliphatic heterocycles. The Morgan fingerprint density at radius 2 is 2.07 bits per heavy atom. The molecular formula is C25H26N2OS. The molecule has 0 amide bonds. The number of nitrogens with zero attached hydrogens (tertiary/aromatic N) is 1. The minimum Gasteiger partial charge on any atom is -0.392 e. The second-order valence-electron chi connectivity index (χ2n) is 8.26. The third-order valence-corrected chi connectivity index (χ3v) is 6.72. The molecule has 0 fully saturated rings. The maximum absolute atomic E-state index is 9.41. The molecule has 0 radical (unpaired) electrons. The van der Waals surface area contributed by atoms with E-state index in [1.165, 1.54) is 22.1 Å². The van der Waals surface area contributed by atoms with Crippen molar-refractivity contribution in [1.29, 1.82) is 0 Å². The molecule has 4 heteroatoms.